The smallest absolute Gasteiger partial charge is 0.306 e. The predicted octanol–water partition coefficient (Wildman–Crippen LogP) is 4.00. The second kappa shape index (κ2) is 6.30. The van der Waals surface area contributed by atoms with E-state index in [1.165, 1.54) is 16.0 Å². The van der Waals surface area contributed by atoms with Crippen LogP contribution in [0.25, 0.3) is 0 Å². The molecule has 1 unspecified atom stereocenters. The highest BCUT2D eigenvalue weighted by molar-refractivity contribution is 7.10. The van der Waals surface area contributed by atoms with Crippen molar-refractivity contribution in [2.75, 3.05) is 13.1 Å². The summed E-state index contributed by atoms with van der Waals surface area (Å²) < 4.78 is 0. The van der Waals surface area contributed by atoms with Crippen molar-refractivity contribution in [2.24, 2.45) is 5.92 Å². The number of hydrogen-bond donors (Lipinski definition) is 1. The zero-order valence-electron chi connectivity index (χ0n) is 12.0. The van der Waals surface area contributed by atoms with Crippen molar-refractivity contribution in [1.29, 1.82) is 0 Å². The molecule has 0 amide bonds. The number of rotatable bonds is 4. The molecule has 2 aromatic rings. The van der Waals surface area contributed by atoms with Crippen LogP contribution in [-0.4, -0.2) is 29.1 Å². The quantitative estimate of drug-likeness (QED) is 0.925. The van der Waals surface area contributed by atoms with Crippen molar-refractivity contribution in [3.05, 3.63) is 44.3 Å². The zero-order chi connectivity index (χ0) is 14.8. The highest BCUT2D eigenvalue weighted by Crippen LogP contribution is 2.37. The van der Waals surface area contributed by atoms with Gasteiger partial charge >= 0.3 is 5.97 Å². The first-order valence-corrected chi connectivity index (χ1v) is 9.02. The molecule has 0 saturated carbocycles. The monoisotopic (exact) mass is 321 g/mol. The molecule has 5 heteroatoms. The summed E-state index contributed by atoms with van der Waals surface area (Å²) in [5.74, 6) is -0.817. The molecule has 0 radical (unpaired) electrons. The number of aryl methyl sites for hydroxylation is 1. The molecule has 1 aliphatic rings. The van der Waals surface area contributed by atoms with Crippen LogP contribution in [0.3, 0.4) is 0 Å². The van der Waals surface area contributed by atoms with Gasteiger partial charge in [0.1, 0.15) is 0 Å². The van der Waals surface area contributed by atoms with Gasteiger partial charge in [-0.3, -0.25) is 9.69 Å². The van der Waals surface area contributed by atoms with Crippen LogP contribution >= 0.6 is 22.7 Å². The number of carboxylic acids is 1. The summed E-state index contributed by atoms with van der Waals surface area (Å²) in [5.41, 5.74) is 2.66. The molecule has 3 heterocycles. The molecule has 0 aliphatic carbocycles. The largest absolute Gasteiger partial charge is 0.481 e. The number of piperidine rings is 1. The van der Waals surface area contributed by atoms with E-state index in [1.807, 2.05) is 0 Å². The Bertz CT molecular complexity index is 598. The summed E-state index contributed by atoms with van der Waals surface area (Å²) in [6.07, 6.45) is 1.50. The molecular formula is C16H19NO2S2. The fourth-order valence-corrected chi connectivity index (χ4v) is 4.79. The number of thiophene rings is 2. The molecule has 1 N–H and O–H groups in total. The van der Waals surface area contributed by atoms with Crippen molar-refractivity contribution in [3.63, 3.8) is 0 Å². The molecule has 0 bridgehead atoms. The van der Waals surface area contributed by atoms with Crippen molar-refractivity contribution in [2.45, 2.75) is 25.8 Å². The lowest BCUT2D eigenvalue weighted by atomic mass is 9.94. The lowest BCUT2D eigenvalue weighted by molar-refractivity contribution is -0.143. The maximum atomic E-state index is 11.1. The van der Waals surface area contributed by atoms with Crippen LogP contribution in [0.4, 0.5) is 0 Å². The van der Waals surface area contributed by atoms with Gasteiger partial charge in [-0.1, -0.05) is 0 Å². The molecule has 1 saturated heterocycles. The lowest BCUT2D eigenvalue weighted by Crippen LogP contribution is -2.39. The summed E-state index contributed by atoms with van der Waals surface area (Å²) in [7, 11) is 0. The molecule has 0 aromatic carbocycles. The van der Waals surface area contributed by atoms with E-state index < -0.39 is 5.97 Å². The van der Waals surface area contributed by atoms with Gasteiger partial charge in [0.05, 0.1) is 12.0 Å². The Balaban J connectivity index is 1.84. The highest BCUT2D eigenvalue weighted by atomic mass is 32.1. The van der Waals surface area contributed by atoms with Crippen molar-refractivity contribution >= 4 is 28.6 Å². The summed E-state index contributed by atoms with van der Waals surface area (Å²) in [6.45, 7) is 3.87. The SMILES string of the molecule is Cc1ccsc1C(c1ccsc1)N1CCC(C(=O)O)CC1. The van der Waals surface area contributed by atoms with Crippen molar-refractivity contribution in [1.82, 2.24) is 4.90 Å². The zero-order valence-corrected chi connectivity index (χ0v) is 13.6. The first kappa shape index (κ1) is 14.8. The summed E-state index contributed by atoms with van der Waals surface area (Å²) >= 11 is 3.53. The van der Waals surface area contributed by atoms with Gasteiger partial charge in [0, 0.05) is 4.88 Å². The van der Waals surface area contributed by atoms with Gasteiger partial charge < -0.3 is 5.11 Å². The first-order chi connectivity index (χ1) is 10.2. The molecule has 2 aromatic heterocycles. The molecule has 3 nitrogen and oxygen atoms in total. The highest BCUT2D eigenvalue weighted by Gasteiger charge is 2.31. The van der Waals surface area contributed by atoms with Crippen LogP contribution in [0.2, 0.25) is 0 Å². The van der Waals surface area contributed by atoms with E-state index in [4.69, 9.17) is 5.11 Å². The average Bonchev–Trinajstić information content (AvgIpc) is 3.13. The molecule has 21 heavy (non-hydrogen) atoms. The fraction of sp³-hybridized carbons (Fsp3) is 0.438. The third-order valence-corrected chi connectivity index (χ3v) is 6.03. The maximum Gasteiger partial charge on any atom is 0.306 e. The predicted molar refractivity (Wildman–Crippen MR) is 87.2 cm³/mol. The maximum absolute atomic E-state index is 11.1. The van der Waals surface area contributed by atoms with E-state index in [2.05, 4.69) is 40.1 Å². The number of aliphatic carboxylic acids is 1. The van der Waals surface area contributed by atoms with Crippen molar-refractivity contribution in [3.8, 4) is 0 Å². The Morgan fingerprint density at radius 3 is 2.62 bits per heavy atom. The molecule has 1 atom stereocenters. The second-order valence-corrected chi connectivity index (χ2v) is 7.30. The Hall–Kier alpha value is -1.17. The summed E-state index contributed by atoms with van der Waals surface area (Å²) in [5, 5.41) is 15.6. The minimum atomic E-state index is -0.644. The number of nitrogens with zero attached hydrogens (tertiary/aromatic N) is 1. The van der Waals surface area contributed by atoms with E-state index in [0.29, 0.717) is 0 Å². The molecule has 0 spiro atoms. The van der Waals surface area contributed by atoms with Crippen LogP contribution in [0.5, 0.6) is 0 Å². The third-order valence-electron chi connectivity index (χ3n) is 4.25. The number of carboxylic acid groups (broad SMARTS) is 1. The van der Waals surface area contributed by atoms with E-state index in [9.17, 15) is 4.79 Å². The average molecular weight is 321 g/mol. The van der Waals surface area contributed by atoms with Gasteiger partial charge in [0.2, 0.25) is 0 Å². The third kappa shape index (κ3) is 3.05. The number of hydrogen-bond acceptors (Lipinski definition) is 4. The van der Waals surface area contributed by atoms with Crippen LogP contribution in [0.1, 0.15) is 34.9 Å². The molecular weight excluding hydrogens is 302 g/mol. The van der Waals surface area contributed by atoms with Gasteiger partial charge in [-0.2, -0.15) is 11.3 Å². The number of carbonyl (C=O) groups is 1. The molecule has 1 fully saturated rings. The van der Waals surface area contributed by atoms with E-state index in [0.717, 1.165) is 25.9 Å². The topological polar surface area (TPSA) is 40.5 Å². The standard InChI is InChI=1S/C16H19NO2S2/c1-11-4-9-21-15(11)14(13-5-8-20-10-13)17-6-2-12(3-7-17)16(18)19/h4-5,8-10,12,14H,2-3,6-7H2,1H3,(H,18,19). The van der Waals surface area contributed by atoms with Gasteiger partial charge in [-0.25, -0.2) is 0 Å². The van der Waals surface area contributed by atoms with Gasteiger partial charge in [-0.15, -0.1) is 11.3 Å². The summed E-state index contributed by atoms with van der Waals surface area (Å²) in [6, 6.07) is 4.65. The lowest BCUT2D eigenvalue weighted by Gasteiger charge is -2.36. The Morgan fingerprint density at radius 1 is 1.33 bits per heavy atom. The normalized spacial score (nSPS) is 18.7. The molecule has 1 aliphatic heterocycles. The van der Waals surface area contributed by atoms with Crippen LogP contribution in [0, 0.1) is 12.8 Å². The second-order valence-electron chi connectivity index (χ2n) is 5.58. The fourth-order valence-electron chi connectivity index (χ4n) is 3.03. The Morgan fingerprint density at radius 2 is 2.10 bits per heavy atom. The van der Waals surface area contributed by atoms with Crippen LogP contribution in [-0.2, 0) is 4.79 Å². The van der Waals surface area contributed by atoms with Gasteiger partial charge in [0.25, 0.3) is 0 Å². The number of likely N-dealkylation sites (tertiary alicyclic amines) is 1. The van der Waals surface area contributed by atoms with Gasteiger partial charge in [-0.05, 0) is 72.3 Å². The van der Waals surface area contributed by atoms with E-state index >= 15 is 0 Å². The van der Waals surface area contributed by atoms with Crippen molar-refractivity contribution < 1.29 is 9.90 Å². The van der Waals surface area contributed by atoms with Crippen LogP contribution in [0.15, 0.2) is 28.3 Å². The van der Waals surface area contributed by atoms with E-state index in [1.54, 1.807) is 22.7 Å². The molecule has 112 valence electrons. The Kier molecular flexibility index (Phi) is 4.42. The Labute approximate surface area is 132 Å². The summed E-state index contributed by atoms with van der Waals surface area (Å²) in [4.78, 5) is 15.0. The van der Waals surface area contributed by atoms with Crippen LogP contribution < -0.4 is 0 Å². The molecule has 3 rings (SSSR count). The minimum absolute atomic E-state index is 0.172. The first-order valence-electron chi connectivity index (χ1n) is 7.19. The van der Waals surface area contributed by atoms with Gasteiger partial charge in [0.15, 0.2) is 0 Å². The minimum Gasteiger partial charge on any atom is -0.481 e. The van der Waals surface area contributed by atoms with E-state index in [-0.39, 0.29) is 12.0 Å².